The summed E-state index contributed by atoms with van der Waals surface area (Å²) >= 11 is 0. The minimum absolute atomic E-state index is 0.0164. The average molecular weight is 499 g/mol. The van der Waals surface area contributed by atoms with Crippen molar-refractivity contribution in [3.8, 4) is 0 Å². The van der Waals surface area contributed by atoms with Crippen molar-refractivity contribution in [3.05, 3.63) is 71.8 Å². The molecule has 2 rings (SSSR count). The Kier molecular flexibility index (Phi) is 11.0. The van der Waals surface area contributed by atoms with Gasteiger partial charge in [0.05, 0.1) is 0 Å². The quantitative estimate of drug-likeness (QED) is 0.190. The lowest BCUT2D eigenvalue weighted by atomic mass is 10.0. The van der Waals surface area contributed by atoms with Crippen molar-refractivity contribution in [1.29, 1.82) is 0 Å². The molecule has 0 radical (unpaired) electrons. The average Bonchev–Trinajstić information content (AvgIpc) is 2.83. The Morgan fingerprint density at radius 3 is 1.69 bits per heavy atom. The van der Waals surface area contributed by atoms with Crippen molar-refractivity contribution in [2.24, 2.45) is 0 Å². The molecule has 10 heteroatoms. The first-order chi connectivity index (χ1) is 17.2. The Bertz CT molecular complexity index is 1050. The number of carbonyl (C=O) groups excluding carboxylic acids is 4. The highest BCUT2D eigenvalue weighted by Crippen LogP contribution is 2.17. The van der Waals surface area contributed by atoms with Gasteiger partial charge in [-0.25, -0.2) is 14.4 Å². The zero-order valence-corrected chi connectivity index (χ0v) is 20.4. The number of benzene rings is 2. The summed E-state index contributed by atoms with van der Waals surface area (Å²) in [6, 6.07) is 14.5. The summed E-state index contributed by atoms with van der Waals surface area (Å²) in [6.45, 7) is 8.46. The van der Waals surface area contributed by atoms with E-state index in [1.165, 1.54) is 6.92 Å². The third-order valence-electron chi connectivity index (χ3n) is 4.62. The van der Waals surface area contributed by atoms with Crippen molar-refractivity contribution in [3.63, 3.8) is 0 Å². The van der Waals surface area contributed by atoms with Crippen molar-refractivity contribution >= 4 is 36.0 Å². The van der Waals surface area contributed by atoms with Gasteiger partial charge < -0.3 is 18.9 Å². The van der Waals surface area contributed by atoms with Gasteiger partial charge in [-0.15, -0.1) is 0 Å². The van der Waals surface area contributed by atoms with Crippen LogP contribution in [0.2, 0.25) is 0 Å². The van der Waals surface area contributed by atoms with Gasteiger partial charge in [0, 0.05) is 16.9 Å². The molecule has 2 N–H and O–H groups in total. The minimum atomic E-state index is -0.658. The summed E-state index contributed by atoms with van der Waals surface area (Å²) in [5.74, 6) is -0.539. The van der Waals surface area contributed by atoms with E-state index >= 15 is 0 Å². The molecule has 0 aliphatic rings. The molecule has 10 nitrogen and oxygen atoms in total. The van der Waals surface area contributed by atoms with Crippen molar-refractivity contribution in [2.45, 2.75) is 39.4 Å². The smallest absolute Gasteiger partial charge is 0.412 e. The monoisotopic (exact) mass is 498 g/mol. The number of carbonyl (C=O) groups is 4. The maximum absolute atomic E-state index is 12.0. The van der Waals surface area contributed by atoms with E-state index in [1.807, 2.05) is 24.3 Å². The second-order valence-electron chi connectivity index (χ2n) is 8.06. The number of amides is 2. The maximum atomic E-state index is 12.0. The van der Waals surface area contributed by atoms with Crippen LogP contribution in [0.4, 0.5) is 21.0 Å². The molecule has 192 valence electrons. The Morgan fingerprint density at radius 1 is 0.833 bits per heavy atom. The van der Waals surface area contributed by atoms with Gasteiger partial charge in [0.25, 0.3) is 6.47 Å². The Morgan fingerprint density at radius 2 is 1.28 bits per heavy atom. The van der Waals surface area contributed by atoms with Crippen LogP contribution in [0.1, 0.15) is 31.9 Å². The summed E-state index contributed by atoms with van der Waals surface area (Å²) in [5, 5.41) is 5.24. The molecule has 0 saturated heterocycles. The van der Waals surface area contributed by atoms with Gasteiger partial charge in [0.1, 0.15) is 25.4 Å². The zero-order chi connectivity index (χ0) is 26.5. The fourth-order valence-electron chi connectivity index (χ4n) is 2.87. The number of hydrogen-bond donors (Lipinski definition) is 2. The molecule has 2 unspecified atom stereocenters. The maximum Gasteiger partial charge on any atom is 0.412 e. The molecule has 2 atom stereocenters. The van der Waals surface area contributed by atoms with Crippen molar-refractivity contribution < 1.29 is 38.1 Å². The molecule has 0 fully saturated rings. The van der Waals surface area contributed by atoms with Crippen molar-refractivity contribution in [1.82, 2.24) is 0 Å². The van der Waals surface area contributed by atoms with Crippen LogP contribution in [0.5, 0.6) is 0 Å². The molecule has 36 heavy (non-hydrogen) atoms. The van der Waals surface area contributed by atoms with Crippen LogP contribution in [-0.2, 0) is 35.0 Å². The summed E-state index contributed by atoms with van der Waals surface area (Å²) in [7, 11) is 0. The SMILES string of the molecule is C=C(C)C(=O)OCC(C)OC(=O)Nc1ccc(Cc2ccc(NC(=O)OC(C)COC=O)cc2)cc1. The predicted molar refractivity (Wildman–Crippen MR) is 133 cm³/mol. The fourth-order valence-corrected chi connectivity index (χ4v) is 2.87. The standard InChI is InChI=1S/C26H30N2O8/c1-17(2)24(30)34-15-19(4)36-26(32)28-23-11-7-21(8-12-23)13-20-5-9-22(10-6-20)27-25(31)35-18(3)14-33-16-29/h5-12,16,18-19H,1,13-15H2,2-4H3,(H,27,31)(H,28,32). The predicted octanol–water partition coefficient (Wildman–Crippen LogP) is 4.44. The van der Waals surface area contributed by atoms with Crippen LogP contribution in [0.3, 0.4) is 0 Å². The van der Waals surface area contributed by atoms with E-state index in [0.29, 0.717) is 24.3 Å². The third kappa shape index (κ3) is 10.3. The lowest BCUT2D eigenvalue weighted by molar-refractivity contribution is -0.141. The van der Waals surface area contributed by atoms with E-state index in [2.05, 4.69) is 21.9 Å². The van der Waals surface area contributed by atoms with Gasteiger partial charge in [-0.1, -0.05) is 30.8 Å². The van der Waals surface area contributed by atoms with Gasteiger partial charge in [-0.3, -0.25) is 15.4 Å². The largest absolute Gasteiger partial charge is 0.464 e. The Balaban J connectivity index is 1.79. The van der Waals surface area contributed by atoms with E-state index in [0.717, 1.165) is 11.1 Å². The molecule has 0 saturated carbocycles. The first-order valence-electron chi connectivity index (χ1n) is 11.2. The van der Waals surface area contributed by atoms with Gasteiger partial charge in [-0.2, -0.15) is 0 Å². The molecular weight excluding hydrogens is 468 g/mol. The topological polar surface area (TPSA) is 129 Å². The number of ether oxygens (including phenoxy) is 4. The highest BCUT2D eigenvalue weighted by molar-refractivity contribution is 5.87. The van der Waals surface area contributed by atoms with Crippen LogP contribution >= 0.6 is 0 Å². The third-order valence-corrected chi connectivity index (χ3v) is 4.62. The van der Waals surface area contributed by atoms with Crippen LogP contribution in [0.25, 0.3) is 0 Å². The van der Waals surface area contributed by atoms with Crippen LogP contribution < -0.4 is 10.6 Å². The normalized spacial score (nSPS) is 11.9. The summed E-state index contributed by atoms with van der Waals surface area (Å²) in [4.78, 5) is 45.5. The molecule has 2 amide bonds. The second-order valence-corrected chi connectivity index (χ2v) is 8.06. The van der Waals surface area contributed by atoms with Gasteiger partial charge >= 0.3 is 18.2 Å². The molecule has 0 bridgehead atoms. The van der Waals surface area contributed by atoms with E-state index in [1.54, 1.807) is 38.1 Å². The van der Waals surface area contributed by atoms with Gasteiger partial charge in [-0.05, 0) is 62.6 Å². The van der Waals surface area contributed by atoms with Gasteiger partial charge in [0.15, 0.2) is 0 Å². The van der Waals surface area contributed by atoms with Gasteiger partial charge in [0.2, 0.25) is 0 Å². The molecule has 0 heterocycles. The lowest BCUT2D eigenvalue weighted by Gasteiger charge is -2.14. The fraction of sp³-hybridized carbons (Fsp3) is 0.308. The molecule has 0 aromatic heterocycles. The Labute approximate surface area is 209 Å². The second kappa shape index (κ2) is 14.1. The summed E-state index contributed by atoms with van der Waals surface area (Å²) in [6.07, 6.45) is -1.85. The number of hydrogen-bond acceptors (Lipinski definition) is 8. The minimum Gasteiger partial charge on any atom is -0.464 e. The first kappa shape index (κ1) is 27.9. The molecule has 2 aromatic rings. The molecular formula is C26H30N2O8. The summed E-state index contributed by atoms with van der Waals surface area (Å²) < 4.78 is 19.8. The lowest BCUT2D eigenvalue weighted by Crippen LogP contribution is -2.25. The number of rotatable bonds is 12. The van der Waals surface area contributed by atoms with E-state index in [9.17, 15) is 19.2 Å². The zero-order valence-electron chi connectivity index (χ0n) is 20.4. The Hall–Kier alpha value is -4.34. The number of esters is 1. The van der Waals surface area contributed by atoms with E-state index in [-0.39, 0.29) is 18.8 Å². The molecule has 2 aromatic carbocycles. The van der Waals surface area contributed by atoms with Crippen LogP contribution in [-0.4, -0.2) is 50.0 Å². The highest BCUT2D eigenvalue weighted by atomic mass is 16.6. The van der Waals surface area contributed by atoms with E-state index in [4.69, 9.17) is 14.2 Å². The van der Waals surface area contributed by atoms with Crippen molar-refractivity contribution in [2.75, 3.05) is 23.8 Å². The molecule has 0 aliphatic carbocycles. The molecule has 0 spiro atoms. The van der Waals surface area contributed by atoms with Crippen LogP contribution in [0, 0.1) is 0 Å². The highest BCUT2D eigenvalue weighted by Gasteiger charge is 2.13. The van der Waals surface area contributed by atoms with E-state index < -0.39 is 30.4 Å². The first-order valence-corrected chi connectivity index (χ1v) is 11.2. The molecule has 0 aliphatic heterocycles. The number of nitrogens with one attached hydrogen (secondary N) is 2. The summed E-state index contributed by atoms with van der Waals surface area (Å²) in [5.41, 5.74) is 3.42. The van der Waals surface area contributed by atoms with Crippen LogP contribution in [0.15, 0.2) is 60.7 Å². The number of anilines is 2.